The molecule has 1 fully saturated rings. The largest absolute Gasteiger partial charge is 0.355 e. The third-order valence-corrected chi connectivity index (χ3v) is 6.25. The molecule has 7 nitrogen and oxygen atoms in total. The van der Waals surface area contributed by atoms with Gasteiger partial charge in [0.2, 0.25) is 0 Å². The SMILES string of the molecule is O=c1[nH]nc(C2CCN(c3ncnc4ccsc34)CC2)n1Cc1ccccc1. The highest BCUT2D eigenvalue weighted by Crippen LogP contribution is 2.33. The van der Waals surface area contributed by atoms with Gasteiger partial charge in [0.15, 0.2) is 0 Å². The van der Waals surface area contributed by atoms with Crippen LogP contribution in [0, 0.1) is 0 Å². The predicted octanol–water partition coefficient (Wildman–Crippen LogP) is 3.01. The van der Waals surface area contributed by atoms with Crippen molar-refractivity contribution < 1.29 is 0 Å². The molecule has 4 aromatic rings. The van der Waals surface area contributed by atoms with Crippen molar-refractivity contribution in [2.45, 2.75) is 25.3 Å². The van der Waals surface area contributed by atoms with Gasteiger partial charge in [-0.25, -0.2) is 19.9 Å². The maximum Gasteiger partial charge on any atom is 0.343 e. The number of hydrogen-bond acceptors (Lipinski definition) is 6. The number of fused-ring (bicyclic) bond motifs is 1. The van der Waals surface area contributed by atoms with Crippen LogP contribution in [0.3, 0.4) is 0 Å². The lowest BCUT2D eigenvalue weighted by atomic mass is 9.95. The van der Waals surface area contributed by atoms with Crippen LogP contribution in [0.1, 0.15) is 30.1 Å². The molecule has 0 amide bonds. The number of benzene rings is 1. The van der Waals surface area contributed by atoms with Crippen LogP contribution in [0.4, 0.5) is 5.82 Å². The van der Waals surface area contributed by atoms with E-state index in [1.54, 1.807) is 22.2 Å². The van der Waals surface area contributed by atoms with Crippen LogP contribution in [0.25, 0.3) is 10.2 Å². The zero-order valence-corrected chi connectivity index (χ0v) is 16.1. The number of thiophene rings is 1. The molecule has 1 aliphatic heterocycles. The van der Waals surface area contributed by atoms with Gasteiger partial charge >= 0.3 is 5.69 Å². The van der Waals surface area contributed by atoms with E-state index in [4.69, 9.17) is 0 Å². The summed E-state index contributed by atoms with van der Waals surface area (Å²) in [6, 6.07) is 12.1. The lowest BCUT2D eigenvalue weighted by Crippen LogP contribution is -2.35. The van der Waals surface area contributed by atoms with E-state index in [1.807, 2.05) is 36.4 Å². The van der Waals surface area contributed by atoms with Crippen molar-refractivity contribution in [3.63, 3.8) is 0 Å². The number of nitrogens with one attached hydrogen (secondary N) is 1. The molecule has 4 heterocycles. The fourth-order valence-electron chi connectivity index (χ4n) is 3.91. The first-order valence-electron chi connectivity index (χ1n) is 9.42. The highest BCUT2D eigenvalue weighted by Gasteiger charge is 2.27. The van der Waals surface area contributed by atoms with Gasteiger partial charge in [0, 0.05) is 19.0 Å². The molecule has 3 aromatic heterocycles. The molecular weight excluding hydrogens is 372 g/mol. The second-order valence-corrected chi connectivity index (χ2v) is 7.97. The molecule has 0 atom stereocenters. The normalized spacial score (nSPS) is 15.4. The minimum Gasteiger partial charge on any atom is -0.355 e. The average molecular weight is 392 g/mol. The number of H-pyrrole nitrogens is 1. The Morgan fingerprint density at radius 1 is 1.11 bits per heavy atom. The monoisotopic (exact) mass is 392 g/mol. The van der Waals surface area contributed by atoms with E-state index in [-0.39, 0.29) is 11.6 Å². The zero-order valence-electron chi connectivity index (χ0n) is 15.3. The van der Waals surface area contributed by atoms with E-state index in [0.717, 1.165) is 53.4 Å². The Bertz CT molecular complexity index is 1140. The summed E-state index contributed by atoms with van der Waals surface area (Å²) >= 11 is 1.68. The zero-order chi connectivity index (χ0) is 18.9. The van der Waals surface area contributed by atoms with Gasteiger partial charge in [-0.2, -0.15) is 5.10 Å². The molecule has 0 radical (unpaired) electrons. The van der Waals surface area contributed by atoms with Crippen molar-refractivity contribution in [2.75, 3.05) is 18.0 Å². The van der Waals surface area contributed by atoms with Crippen molar-refractivity contribution in [1.29, 1.82) is 0 Å². The standard InChI is InChI=1S/C20H20N6OS/c27-20-24-23-18(26(20)12-14-4-2-1-3-5-14)15-6-9-25(10-7-15)19-17-16(8-11-28-17)21-13-22-19/h1-5,8,11,13,15H,6-7,9-10,12H2,(H,24,27). The van der Waals surface area contributed by atoms with Crippen LogP contribution in [0.5, 0.6) is 0 Å². The van der Waals surface area contributed by atoms with E-state index < -0.39 is 0 Å². The number of aromatic nitrogens is 5. The molecule has 8 heteroatoms. The highest BCUT2D eigenvalue weighted by atomic mass is 32.1. The van der Waals surface area contributed by atoms with Crippen molar-refractivity contribution in [2.24, 2.45) is 0 Å². The Morgan fingerprint density at radius 3 is 2.75 bits per heavy atom. The summed E-state index contributed by atoms with van der Waals surface area (Å²) < 4.78 is 2.92. The van der Waals surface area contributed by atoms with Gasteiger partial charge in [0.25, 0.3) is 0 Å². The quantitative estimate of drug-likeness (QED) is 0.577. The molecule has 0 bridgehead atoms. The van der Waals surface area contributed by atoms with Gasteiger partial charge in [-0.1, -0.05) is 30.3 Å². The highest BCUT2D eigenvalue weighted by molar-refractivity contribution is 7.17. The van der Waals surface area contributed by atoms with E-state index in [9.17, 15) is 4.79 Å². The van der Waals surface area contributed by atoms with Crippen molar-refractivity contribution >= 4 is 27.4 Å². The maximum atomic E-state index is 12.3. The number of aromatic amines is 1. The van der Waals surface area contributed by atoms with Crippen LogP contribution in [-0.4, -0.2) is 37.8 Å². The summed E-state index contributed by atoms with van der Waals surface area (Å²) in [6.07, 6.45) is 3.52. The summed E-state index contributed by atoms with van der Waals surface area (Å²) in [6.45, 7) is 2.33. The van der Waals surface area contributed by atoms with Crippen LogP contribution in [0.15, 0.2) is 52.9 Å². The third kappa shape index (κ3) is 3.09. The Hall–Kier alpha value is -3.00. The molecule has 1 saturated heterocycles. The Labute approximate surface area is 165 Å². The first-order valence-corrected chi connectivity index (χ1v) is 10.3. The molecule has 1 N–H and O–H groups in total. The molecule has 28 heavy (non-hydrogen) atoms. The minimum atomic E-state index is -0.141. The number of nitrogens with zero attached hydrogens (tertiary/aromatic N) is 5. The second kappa shape index (κ2) is 7.20. The predicted molar refractivity (Wildman–Crippen MR) is 110 cm³/mol. The average Bonchev–Trinajstić information content (AvgIpc) is 3.36. The summed E-state index contributed by atoms with van der Waals surface area (Å²) in [4.78, 5) is 23.5. The summed E-state index contributed by atoms with van der Waals surface area (Å²) in [5, 5.41) is 9.06. The molecule has 0 unspecified atom stereocenters. The topological polar surface area (TPSA) is 79.7 Å². The van der Waals surface area contributed by atoms with Gasteiger partial charge in [0.05, 0.1) is 16.8 Å². The maximum absolute atomic E-state index is 12.3. The Kier molecular flexibility index (Phi) is 4.40. The van der Waals surface area contributed by atoms with Crippen LogP contribution in [-0.2, 0) is 6.54 Å². The van der Waals surface area contributed by atoms with Gasteiger partial charge in [-0.05, 0) is 29.9 Å². The number of piperidine rings is 1. The summed E-state index contributed by atoms with van der Waals surface area (Å²) in [5.74, 6) is 2.14. The van der Waals surface area contributed by atoms with E-state index in [2.05, 4.69) is 30.4 Å². The van der Waals surface area contributed by atoms with Crippen LogP contribution in [0.2, 0.25) is 0 Å². The molecule has 1 aliphatic rings. The molecule has 1 aromatic carbocycles. The first kappa shape index (κ1) is 17.1. The molecule has 0 saturated carbocycles. The number of rotatable bonds is 4. The number of anilines is 1. The summed E-state index contributed by atoms with van der Waals surface area (Å²) in [7, 11) is 0. The smallest absolute Gasteiger partial charge is 0.343 e. The van der Waals surface area contributed by atoms with E-state index in [0.29, 0.717) is 6.54 Å². The number of hydrogen-bond donors (Lipinski definition) is 1. The molecule has 5 rings (SSSR count). The van der Waals surface area contributed by atoms with Crippen molar-refractivity contribution in [1.82, 2.24) is 24.7 Å². The van der Waals surface area contributed by atoms with Crippen molar-refractivity contribution in [3.8, 4) is 0 Å². The van der Waals surface area contributed by atoms with Gasteiger partial charge < -0.3 is 4.90 Å². The molecule has 142 valence electrons. The fourth-order valence-corrected chi connectivity index (χ4v) is 4.77. The Morgan fingerprint density at radius 2 is 1.93 bits per heavy atom. The van der Waals surface area contributed by atoms with Gasteiger partial charge in [-0.3, -0.25) is 4.57 Å². The van der Waals surface area contributed by atoms with E-state index >= 15 is 0 Å². The van der Waals surface area contributed by atoms with E-state index in [1.165, 1.54) is 0 Å². The fraction of sp³-hybridized carbons (Fsp3) is 0.300. The van der Waals surface area contributed by atoms with Gasteiger partial charge in [-0.15, -0.1) is 11.3 Å². The lowest BCUT2D eigenvalue weighted by molar-refractivity contribution is 0.466. The minimum absolute atomic E-state index is 0.141. The van der Waals surface area contributed by atoms with Gasteiger partial charge in [0.1, 0.15) is 18.0 Å². The third-order valence-electron chi connectivity index (χ3n) is 5.36. The molecular formula is C20H20N6OS. The van der Waals surface area contributed by atoms with Crippen molar-refractivity contribution in [3.05, 3.63) is 70.0 Å². The molecule has 0 spiro atoms. The molecule has 0 aliphatic carbocycles. The van der Waals surface area contributed by atoms with Crippen LogP contribution < -0.4 is 10.6 Å². The Balaban J connectivity index is 1.35. The van der Waals surface area contributed by atoms with Crippen LogP contribution >= 0.6 is 11.3 Å². The second-order valence-electron chi connectivity index (χ2n) is 7.05. The lowest BCUT2D eigenvalue weighted by Gasteiger charge is -2.32. The summed E-state index contributed by atoms with van der Waals surface area (Å²) in [5.41, 5.74) is 1.96. The first-order chi connectivity index (χ1) is 13.8.